The Bertz CT molecular complexity index is 2930. The molecule has 0 fully saturated rings. The van der Waals surface area contributed by atoms with E-state index in [-0.39, 0.29) is 5.41 Å². The molecule has 0 radical (unpaired) electrons. The normalized spacial score (nSPS) is 14.4. The monoisotopic (exact) mass is 705 g/mol. The number of anilines is 3. The van der Waals surface area contributed by atoms with Crippen LogP contribution in [0.25, 0.3) is 44.2 Å². The third-order valence-electron chi connectivity index (χ3n) is 12.4. The highest BCUT2D eigenvalue weighted by atomic mass is 16.3. The molecule has 0 aliphatic heterocycles. The molecule has 0 atom stereocenters. The number of para-hydroxylation sites is 1. The van der Waals surface area contributed by atoms with Gasteiger partial charge in [0.1, 0.15) is 11.2 Å². The van der Waals surface area contributed by atoms with Crippen LogP contribution in [0.15, 0.2) is 186 Å². The molecule has 11 rings (SSSR count). The van der Waals surface area contributed by atoms with E-state index in [1.54, 1.807) is 0 Å². The first kappa shape index (κ1) is 31.8. The van der Waals surface area contributed by atoms with Gasteiger partial charge in [0.25, 0.3) is 0 Å². The Morgan fingerprint density at radius 3 is 1.85 bits per heavy atom. The van der Waals surface area contributed by atoms with Gasteiger partial charge in [-0.05, 0) is 105 Å². The van der Waals surface area contributed by atoms with Crippen LogP contribution >= 0.6 is 0 Å². The standard InChI is InChI=1S/C53H39NO/c1-34-15-14-20-37(31-34)54(38-26-29-45-44(32-38)50-47(52(45,2)3)30-28-43-42-22-11-13-24-49(42)55-51(43)50)39-25-27-41-40-21-10-12-23-46(40)53(48(41)33-39,35-16-6-4-7-17-35)36-18-8-5-9-19-36/h4-33H,1-3H3. The number of nitrogens with zero attached hydrogens (tertiary/aromatic N) is 1. The van der Waals surface area contributed by atoms with Gasteiger partial charge in [0.05, 0.1) is 5.41 Å². The molecule has 0 saturated carbocycles. The van der Waals surface area contributed by atoms with Crippen molar-refractivity contribution in [2.75, 3.05) is 4.90 Å². The molecule has 0 amide bonds. The number of hydrogen-bond acceptors (Lipinski definition) is 2. The smallest absolute Gasteiger partial charge is 0.143 e. The van der Waals surface area contributed by atoms with Crippen molar-refractivity contribution in [2.45, 2.75) is 31.6 Å². The molecule has 0 unspecified atom stereocenters. The quantitative estimate of drug-likeness (QED) is 0.177. The molecule has 262 valence electrons. The minimum atomic E-state index is -0.490. The average molecular weight is 706 g/mol. The number of furan rings is 1. The second kappa shape index (κ2) is 11.7. The maximum Gasteiger partial charge on any atom is 0.143 e. The Morgan fingerprint density at radius 1 is 0.436 bits per heavy atom. The lowest BCUT2D eigenvalue weighted by atomic mass is 9.67. The molecule has 0 spiro atoms. The molecule has 8 aromatic carbocycles. The van der Waals surface area contributed by atoms with Crippen LogP contribution in [0.3, 0.4) is 0 Å². The van der Waals surface area contributed by atoms with Crippen molar-refractivity contribution in [3.05, 3.63) is 221 Å². The van der Waals surface area contributed by atoms with Gasteiger partial charge in [-0.1, -0.05) is 153 Å². The summed E-state index contributed by atoms with van der Waals surface area (Å²) >= 11 is 0. The van der Waals surface area contributed by atoms with Crippen molar-refractivity contribution in [3.8, 4) is 22.3 Å². The molecule has 2 nitrogen and oxygen atoms in total. The third kappa shape index (κ3) is 4.43. The van der Waals surface area contributed by atoms with Crippen molar-refractivity contribution in [3.63, 3.8) is 0 Å². The predicted molar refractivity (Wildman–Crippen MR) is 228 cm³/mol. The zero-order chi connectivity index (χ0) is 36.9. The van der Waals surface area contributed by atoms with E-state index in [1.165, 1.54) is 61.2 Å². The molecule has 0 N–H and O–H groups in total. The second-order valence-corrected chi connectivity index (χ2v) is 15.7. The summed E-state index contributed by atoms with van der Waals surface area (Å²) in [4.78, 5) is 2.45. The number of fused-ring (bicyclic) bond motifs is 10. The Kier molecular flexibility index (Phi) is 6.76. The zero-order valence-corrected chi connectivity index (χ0v) is 31.2. The minimum Gasteiger partial charge on any atom is -0.455 e. The molecular weight excluding hydrogens is 667 g/mol. The maximum atomic E-state index is 6.71. The van der Waals surface area contributed by atoms with Crippen molar-refractivity contribution in [1.29, 1.82) is 0 Å². The van der Waals surface area contributed by atoms with Crippen molar-refractivity contribution in [1.82, 2.24) is 0 Å². The van der Waals surface area contributed by atoms with Crippen molar-refractivity contribution >= 4 is 39.0 Å². The summed E-state index contributed by atoms with van der Waals surface area (Å²) in [6.45, 7) is 6.86. The Labute approximate surface area is 322 Å². The van der Waals surface area contributed by atoms with Crippen LogP contribution in [0, 0.1) is 6.92 Å². The summed E-state index contributed by atoms with van der Waals surface area (Å²) in [7, 11) is 0. The number of rotatable bonds is 5. The lowest BCUT2D eigenvalue weighted by Crippen LogP contribution is -2.28. The molecule has 2 heteroatoms. The highest BCUT2D eigenvalue weighted by molar-refractivity contribution is 6.12. The maximum absolute atomic E-state index is 6.71. The van der Waals surface area contributed by atoms with Crippen LogP contribution in [0.2, 0.25) is 0 Å². The van der Waals surface area contributed by atoms with Gasteiger partial charge in [-0.15, -0.1) is 0 Å². The van der Waals surface area contributed by atoms with Gasteiger partial charge < -0.3 is 9.32 Å². The van der Waals surface area contributed by atoms with Crippen LogP contribution in [-0.2, 0) is 10.8 Å². The van der Waals surface area contributed by atoms with Gasteiger partial charge in [-0.25, -0.2) is 0 Å². The predicted octanol–water partition coefficient (Wildman–Crippen LogP) is 14.0. The SMILES string of the molecule is Cc1cccc(N(c2ccc3c(c2)-c2c(ccc4c2oc2ccccc24)C3(C)C)c2ccc3c(c2)C(c2ccccc2)(c2ccccc2)c2ccccc2-3)c1. The molecule has 1 aromatic heterocycles. The van der Waals surface area contributed by atoms with E-state index in [1.807, 2.05) is 0 Å². The molecular formula is C53H39NO. The molecule has 55 heavy (non-hydrogen) atoms. The van der Waals surface area contributed by atoms with E-state index in [9.17, 15) is 0 Å². The Hall–Kier alpha value is -6.64. The fourth-order valence-corrected chi connectivity index (χ4v) is 9.93. The second-order valence-electron chi connectivity index (χ2n) is 15.7. The molecule has 0 bridgehead atoms. The molecule has 0 saturated heterocycles. The van der Waals surface area contributed by atoms with Crippen LogP contribution in [0.4, 0.5) is 17.1 Å². The molecule has 1 heterocycles. The third-order valence-corrected chi connectivity index (χ3v) is 12.4. The van der Waals surface area contributed by atoms with E-state index in [0.29, 0.717) is 0 Å². The lowest BCUT2D eigenvalue weighted by Gasteiger charge is -2.35. The van der Waals surface area contributed by atoms with Gasteiger partial charge in [0, 0.05) is 38.8 Å². The van der Waals surface area contributed by atoms with Gasteiger partial charge >= 0.3 is 0 Å². The Morgan fingerprint density at radius 2 is 1.07 bits per heavy atom. The number of aryl methyl sites for hydroxylation is 1. The lowest BCUT2D eigenvalue weighted by molar-refractivity contribution is 0.653. The average Bonchev–Trinajstić information content (AvgIpc) is 3.82. The molecule has 2 aliphatic carbocycles. The van der Waals surface area contributed by atoms with Gasteiger partial charge in [-0.3, -0.25) is 0 Å². The number of benzene rings is 8. The first-order chi connectivity index (χ1) is 26.9. The largest absolute Gasteiger partial charge is 0.455 e. The number of hydrogen-bond donors (Lipinski definition) is 0. The van der Waals surface area contributed by atoms with E-state index < -0.39 is 5.41 Å². The van der Waals surface area contributed by atoms with Crippen LogP contribution in [0.5, 0.6) is 0 Å². The van der Waals surface area contributed by atoms with Crippen molar-refractivity contribution in [2.24, 2.45) is 0 Å². The van der Waals surface area contributed by atoms with Crippen LogP contribution in [-0.4, -0.2) is 0 Å². The molecule has 9 aromatic rings. The first-order valence-electron chi connectivity index (χ1n) is 19.3. The fourth-order valence-electron chi connectivity index (χ4n) is 9.93. The summed E-state index contributed by atoms with van der Waals surface area (Å²) in [6.07, 6.45) is 0. The Balaban J connectivity index is 1.17. The van der Waals surface area contributed by atoms with E-state index >= 15 is 0 Å². The van der Waals surface area contributed by atoms with Gasteiger partial charge in [0.15, 0.2) is 0 Å². The highest BCUT2D eigenvalue weighted by Crippen LogP contribution is 2.58. The van der Waals surface area contributed by atoms with E-state index in [4.69, 9.17) is 4.42 Å². The summed E-state index contributed by atoms with van der Waals surface area (Å²) < 4.78 is 6.71. The van der Waals surface area contributed by atoms with Crippen LogP contribution in [0.1, 0.15) is 52.8 Å². The molecule has 2 aliphatic rings. The fraction of sp³-hybridized carbons (Fsp3) is 0.0943. The first-order valence-corrected chi connectivity index (χ1v) is 19.3. The summed E-state index contributed by atoms with van der Waals surface area (Å²) in [5, 5.41) is 2.32. The van der Waals surface area contributed by atoms with Crippen molar-refractivity contribution < 1.29 is 4.42 Å². The summed E-state index contributed by atoms with van der Waals surface area (Å²) in [5.74, 6) is 0. The zero-order valence-electron chi connectivity index (χ0n) is 31.2. The summed E-state index contributed by atoms with van der Waals surface area (Å²) in [5.41, 5.74) is 18.5. The summed E-state index contributed by atoms with van der Waals surface area (Å²) in [6, 6.07) is 67.1. The minimum absolute atomic E-state index is 0.172. The van der Waals surface area contributed by atoms with E-state index in [0.717, 1.165) is 39.0 Å². The topological polar surface area (TPSA) is 16.4 Å². The van der Waals surface area contributed by atoms with E-state index in [2.05, 4.69) is 208 Å². The van der Waals surface area contributed by atoms with Gasteiger partial charge in [-0.2, -0.15) is 0 Å². The highest BCUT2D eigenvalue weighted by Gasteiger charge is 2.46. The van der Waals surface area contributed by atoms with Gasteiger partial charge in [0.2, 0.25) is 0 Å². The van der Waals surface area contributed by atoms with Crippen LogP contribution < -0.4 is 4.90 Å².